The number of nitriles is 1. The van der Waals surface area contributed by atoms with E-state index in [-0.39, 0.29) is 17.9 Å². The number of likely N-dealkylation sites (tertiary alicyclic amines) is 2. The second-order valence-electron chi connectivity index (χ2n) is 10.4. The molecule has 2 aromatic carbocycles. The third-order valence-corrected chi connectivity index (χ3v) is 6.81. The van der Waals surface area contributed by atoms with Gasteiger partial charge in [-0.3, -0.25) is 9.59 Å². The third-order valence-electron chi connectivity index (χ3n) is 6.81. The number of piperidine rings is 1. The van der Waals surface area contributed by atoms with E-state index in [1.54, 1.807) is 43.0 Å². The third kappa shape index (κ3) is 7.99. The fourth-order valence-electron chi connectivity index (χ4n) is 4.96. The van der Waals surface area contributed by atoms with Crippen LogP contribution in [-0.2, 0) is 4.79 Å². The molecule has 2 aliphatic rings. The number of alkyl halides is 1. The molecule has 7 nitrogen and oxygen atoms in total. The van der Waals surface area contributed by atoms with E-state index < -0.39 is 11.5 Å². The summed E-state index contributed by atoms with van der Waals surface area (Å²) in [7, 11) is 0. The molecule has 204 valence electrons. The predicted octanol–water partition coefficient (Wildman–Crippen LogP) is 4.54. The molecule has 2 aromatic rings. The number of hydrogen-bond acceptors (Lipinski definition) is 5. The number of hydrogen-bond donors (Lipinski definition) is 1. The molecule has 2 amide bonds. The molecule has 0 spiro atoms. The quantitative estimate of drug-likeness (QED) is 0.534. The summed E-state index contributed by atoms with van der Waals surface area (Å²) in [5, 5.41) is 9.70. The standard InChI is InChI=1S/C28H33F2N3O2.CH3NO/c1-28(2,30)19-32-13-9-20(10-14-32)18-35-23-6-8-24(22(15-23)17-31)21-5-7-25(26(29)16-21)27(34)33-11-3-4-12-33;2-1-3/h5-8,15-16,20H,3-4,9-14,18-19H2,1-2H3;1H,(H2,2,3). The zero-order valence-electron chi connectivity index (χ0n) is 22.1. The molecule has 2 fully saturated rings. The van der Waals surface area contributed by atoms with Crippen LogP contribution in [0.5, 0.6) is 5.75 Å². The second-order valence-corrected chi connectivity index (χ2v) is 10.4. The molecule has 4 rings (SSSR count). The van der Waals surface area contributed by atoms with E-state index in [1.165, 1.54) is 12.1 Å². The van der Waals surface area contributed by atoms with Crippen molar-refractivity contribution in [2.45, 2.75) is 45.2 Å². The minimum atomic E-state index is -1.19. The lowest BCUT2D eigenvalue weighted by molar-refractivity contribution is -0.106. The van der Waals surface area contributed by atoms with Gasteiger partial charge in [0, 0.05) is 19.6 Å². The number of rotatable bonds is 7. The van der Waals surface area contributed by atoms with Crippen molar-refractivity contribution in [2.24, 2.45) is 11.7 Å². The van der Waals surface area contributed by atoms with E-state index in [2.05, 4.69) is 16.7 Å². The normalized spacial score (nSPS) is 16.3. The lowest BCUT2D eigenvalue weighted by Crippen LogP contribution is -2.41. The fraction of sp³-hybridized carbons (Fsp3) is 0.483. The summed E-state index contributed by atoms with van der Waals surface area (Å²) in [5.41, 5.74) is 4.58. The van der Waals surface area contributed by atoms with Gasteiger partial charge in [0.25, 0.3) is 5.91 Å². The first-order chi connectivity index (χ1) is 18.1. The minimum absolute atomic E-state index is 0.0650. The van der Waals surface area contributed by atoms with Crippen LogP contribution >= 0.6 is 0 Å². The van der Waals surface area contributed by atoms with Crippen LogP contribution in [0, 0.1) is 23.1 Å². The van der Waals surface area contributed by atoms with E-state index in [1.807, 2.05) is 0 Å². The summed E-state index contributed by atoms with van der Waals surface area (Å²) < 4.78 is 34.7. The maximum absolute atomic E-state index is 14.8. The Morgan fingerprint density at radius 1 is 1.16 bits per heavy atom. The monoisotopic (exact) mass is 526 g/mol. The van der Waals surface area contributed by atoms with E-state index in [4.69, 9.17) is 9.53 Å². The molecular formula is C29H36F2N4O3. The highest BCUT2D eigenvalue weighted by atomic mass is 19.1. The molecule has 0 atom stereocenters. The molecule has 38 heavy (non-hydrogen) atoms. The number of benzene rings is 2. The fourth-order valence-corrected chi connectivity index (χ4v) is 4.96. The van der Waals surface area contributed by atoms with E-state index >= 15 is 0 Å². The van der Waals surface area contributed by atoms with Crippen LogP contribution in [0.25, 0.3) is 11.1 Å². The maximum atomic E-state index is 14.8. The Bertz CT molecular complexity index is 1150. The Kier molecular flexibility index (Phi) is 10.2. The average molecular weight is 527 g/mol. The molecule has 2 aliphatic heterocycles. The van der Waals surface area contributed by atoms with Gasteiger partial charge >= 0.3 is 0 Å². The molecule has 0 radical (unpaired) electrons. The lowest BCUT2D eigenvalue weighted by atomic mass is 9.96. The Morgan fingerprint density at radius 3 is 2.39 bits per heavy atom. The smallest absolute Gasteiger partial charge is 0.256 e. The van der Waals surface area contributed by atoms with Gasteiger partial charge in [0.15, 0.2) is 0 Å². The molecule has 2 heterocycles. The molecule has 2 N–H and O–H groups in total. The summed E-state index contributed by atoms with van der Waals surface area (Å²) >= 11 is 0. The van der Waals surface area contributed by atoms with Gasteiger partial charge in [-0.1, -0.05) is 6.07 Å². The predicted molar refractivity (Wildman–Crippen MR) is 142 cm³/mol. The molecule has 0 aromatic heterocycles. The van der Waals surface area contributed by atoms with Crippen molar-refractivity contribution < 1.29 is 23.1 Å². The highest BCUT2D eigenvalue weighted by molar-refractivity contribution is 5.95. The summed E-state index contributed by atoms with van der Waals surface area (Å²) in [5.74, 6) is 0.119. The molecule has 2 saturated heterocycles. The van der Waals surface area contributed by atoms with Gasteiger partial charge in [0.05, 0.1) is 23.8 Å². The van der Waals surface area contributed by atoms with Crippen molar-refractivity contribution in [3.8, 4) is 22.9 Å². The van der Waals surface area contributed by atoms with Gasteiger partial charge in [-0.2, -0.15) is 5.26 Å². The zero-order valence-corrected chi connectivity index (χ0v) is 22.1. The van der Waals surface area contributed by atoms with Crippen LogP contribution in [0.2, 0.25) is 0 Å². The van der Waals surface area contributed by atoms with Gasteiger partial charge in [-0.05, 0) is 100.0 Å². The van der Waals surface area contributed by atoms with Crippen molar-refractivity contribution in [1.29, 1.82) is 5.26 Å². The topological polar surface area (TPSA) is 99.7 Å². The largest absolute Gasteiger partial charge is 0.493 e. The summed E-state index contributed by atoms with van der Waals surface area (Å²) in [6.07, 6.45) is 4.03. The average Bonchev–Trinajstić information content (AvgIpc) is 3.42. The van der Waals surface area contributed by atoms with Crippen LogP contribution in [-0.4, -0.2) is 67.1 Å². The number of carbonyl (C=O) groups excluding carboxylic acids is 2. The number of primary amides is 1. The first kappa shape index (κ1) is 29.1. The van der Waals surface area contributed by atoms with Crippen LogP contribution in [0.4, 0.5) is 8.78 Å². The first-order valence-electron chi connectivity index (χ1n) is 13.0. The number of nitrogens with zero attached hydrogens (tertiary/aromatic N) is 3. The summed E-state index contributed by atoms with van der Waals surface area (Å²) in [4.78, 5) is 25.0. The maximum Gasteiger partial charge on any atom is 0.256 e. The van der Waals surface area contributed by atoms with Crippen molar-refractivity contribution >= 4 is 12.3 Å². The SMILES string of the molecule is CC(C)(F)CN1CCC(COc2ccc(-c3ccc(C(=O)N4CCCC4)c(F)c3)c(C#N)c2)CC1.NC=O. The summed E-state index contributed by atoms with van der Waals surface area (Å²) in [6, 6.07) is 11.9. The van der Waals surface area contributed by atoms with Crippen molar-refractivity contribution in [1.82, 2.24) is 9.80 Å². The number of ether oxygens (including phenoxy) is 1. The Hall–Kier alpha value is -3.51. The van der Waals surface area contributed by atoms with Crippen LogP contribution < -0.4 is 10.5 Å². The van der Waals surface area contributed by atoms with Gasteiger partial charge in [-0.15, -0.1) is 0 Å². The van der Waals surface area contributed by atoms with Gasteiger partial charge in [-0.25, -0.2) is 8.78 Å². The van der Waals surface area contributed by atoms with E-state index in [0.29, 0.717) is 54.6 Å². The Balaban J connectivity index is 0.00000127. The van der Waals surface area contributed by atoms with E-state index in [9.17, 15) is 18.8 Å². The molecule has 0 saturated carbocycles. The van der Waals surface area contributed by atoms with Crippen LogP contribution in [0.15, 0.2) is 36.4 Å². The summed E-state index contributed by atoms with van der Waals surface area (Å²) in [6.45, 7) is 7.23. The second kappa shape index (κ2) is 13.3. The number of carbonyl (C=O) groups is 2. The minimum Gasteiger partial charge on any atom is -0.493 e. The van der Waals surface area contributed by atoms with Gasteiger partial charge in [0.1, 0.15) is 17.2 Å². The Labute approximate surface area is 223 Å². The van der Waals surface area contributed by atoms with Gasteiger partial charge in [0.2, 0.25) is 6.41 Å². The van der Waals surface area contributed by atoms with Crippen LogP contribution in [0.1, 0.15) is 55.5 Å². The zero-order chi connectivity index (χ0) is 27.7. The van der Waals surface area contributed by atoms with Crippen molar-refractivity contribution in [3.63, 3.8) is 0 Å². The van der Waals surface area contributed by atoms with Gasteiger partial charge < -0.3 is 20.3 Å². The van der Waals surface area contributed by atoms with Crippen molar-refractivity contribution in [2.75, 3.05) is 39.3 Å². The number of amides is 2. The van der Waals surface area contributed by atoms with Crippen LogP contribution in [0.3, 0.4) is 0 Å². The molecule has 9 heteroatoms. The molecular weight excluding hydrogens is 490 g/mol. The number of halogens is 2. The van der Waals surface area contributed by atoms with Crippen molar-refractivity contribution in [3.05, 3.63) is 53.3 Å². The first-order valence-corrected chi connectivity index (χ1v) is 13.0. The number of nitrogens with two attached hydrogens (primary N) is 1. The molecule has 0 bridgehead atoms. The molecule has 0 unspecified atom stereocenters. The highest BCUT2D eigenvalue weighted by Crippen LogP contribution is 2.30. The lowest BCUT2D eigenvalue weighted by Gasteiger charge is -2.34. The van der Waals surface area contributed by atoms with E-state index in [0.717, 1.165) is 38.8 Å². The highest BCUT2D eigenvalue weighted by Gasteiger charge is 2.26. The molecule has 0 aliphatic carbocycles. The Morgan fingerprint density at radius 2 is 1.82 bits per heavy atom.